The number of hydrogen-bond donors (Lipinski definition) is 3. The van der Waals surface area contributed by atoms with Gasteiger partial charge in [-0.15, -0.1) is 0 Å². The summed E-state index contributed by atoms with van der Waals surface area (Å²) in [5.41, 5.74) is 1.33. The predicted octanol–water partition coefficient (Wildman–Crippen LogP) is 1.22. The van der Waals surface area contributed by atoms with E-state index in [2.05, 4.69) is 5.32 Å². The van der Waals surface area contributed by atoms with Gasteiger partial charge >= 0.3 is 0 Å². The number of benzene rings is 1. The fourth-order valence-electron chi connectivity index (χ4n) is 5.44. The minimum absolute atomic E-state index is 0.0215. The molecule has 2 fully saturated rings. The highest BCUT2D eigenvalue weighted by Gasteiger charge is 2.69. The van der Waals surface area contributed by atoms with E-state index in [0.717, 1.165) is 44.2 Å². The fraction of sp³-hybridized carbons (Fsp3) is 0.625. The number of piperidine rings is 1. The molecule has 2 aliphatic heterocycles. The number of aromatic hydroxyl groups is 1. The van der Waals surface area contributed by atoms with E-state index in [4.69, 9.17) is 4.74 Å². The Morgan fingerprint density at radius 2 is 2.20 bits per heavy atom. The average Bonchev–Trinajstić information content (AvgIpc) is 2.75. The number of nitrogens with one attached hydrogen (secondary N) is 1. The van der Waals surface area contributed by atoms with Crippen molar-refractivity contribution in [2.45, 2.75) is 55.3 Å². The molecule has 4 heteroatoms. The summed E-state index contributed by atoms with van der Waals surface area (Å²) in [5.74, 6) is 0.875. The SMILES string of the molecule is Oc1ccc2c3c1OC1CCC[C@@]4(O)[C@@H](C2)NCC[C@]314. The van der Waals surface area contributed by atoms with Crippen LogP contribution in [0.3, 0.4) is 0 Å². The summed E-state index contributed by atoms with van der Waals surface area (Å²) in [5, 5.41) is 25.2. The summed E-state index contributed by atoms with van der Waals surface area (Å²) in [6.45, 7) is 0.918. The van der Waals surface area contributed by atoms with Crippen molar-refractivity contribution < 1.29 is 14.9 Å². The van der Waals surface area contributed by atoms with Crippen molar-refractivity contribution in [1.82, 2.24) is 5.32 Å². The Morgan fingerprint density at radius 1 is 1.30 bits per heavy atom. The topological polar surface area (TPSA) is 61.7 Å². The number of hydrogen-bond acceptors (Lipinski definition) is 4. The van der Waals surface area contributed by atoms with Crippen LogP contribution in [-0.2, 0) is 11.8 Å². The lowest BCUT2D eigenvalue weighted by atomic mass is 9.49. The van der Waals surface area contributed by atoms with E-state index in [1.807, 2.05) is 6.07 Å². The summed E-state index contributed by atoms with van der Waals surface area (Å²) >= 11 is 0. The smallest absolute Gasteiger partial charge is 0.165 e. The molecule has 1 saturated heterocycles. The van der Waals surface area contributed by atoms with Crippen molar-refractivity contribution in [3.05, 3.63) is 23.3 Å². The maximum Gasteiger partial charge on any atom is 0.165 e. The first-order chi connectivity index (χ1) is 9.67. The van der Waals surface area contributed by atoms with Gasteiger partial charge in [-0.3, -0.25) is 0 Å². The summed E-state index contributed by atoms with van der Waals surface area (Å²) in [6, 6.07) is 3.86. The number of rotatable bonds is 0. The summed E-state index contributed by atoms with van der Waals surface area (Å²) < 4.78 is 6.14. The van der Waals surface area contributed by atoms with Crippen molar-refractivity contribution in [1.29, 1.82) is 0 Å². The molecule has 1 saturated carbocycles. The van der Waals surface area contributed by atoms with Crippen molar-refractivity contribution in [3.63, 3.8) is 0 Å². The van der Waals surface area contributed by atoms with Crippen molar-refractivity contribution >= 4 is 0 Å². The molecule has 0 radical (unpaired) electrons. The van der Waals surface area contributed by atoms with Gasteiger partial charge in [0.15, 0.2) is 11.5 Å². The molecule has 1 spiro atoms. The molecule has 2 bridgehead atoms. The van der Waals surface area contributed by atoms with Gasteiger partial charge in [-0.2, -0.15) is 0 Å². The second-order valence-corrected chi connectivity index (χ2v) is 6.80. The molecule has 1 aromatic rings. The highest BCUT2D eigenvalue weighted by atomic mass is 16.5. The Bertz CT molecular complexity index is 616. The third-order valence-electron chi connectivity index (χ3n) is 6.19. The number of ether oxygens (including phenoxy) is 1. The van der Waals surface area contributed by atoms with Gasteiger partial charge in [0.2, 0.25) is 0 Å². The number of phenols is 1. The molecule has 2 heterocycles. The lowest BCUT2D eigenvalue weighted by molar-refractivity contribution is -0.149. The van der Waals surface area contributed by atoms with Crippen LogP contribution < -0.4 is 10.1 Å². The lowest BCUT2D eigenvalue weighted by Gasteiger charge is -2.60. The van der Waals surface area contributed by atoms with Crippen LogP contribution in [0, 0.1) is 0 Å². The van der Waals surface area contributed by atoms with Gasteiger partial charge in [0.25, 0.3) is 0 Å². The van der Waals surface area contributed by atoms with Gasteiger partial charge in [0.05, 0.1) is 11.0 Å². The summed E-state index contributed by atoms with van der Waals surface area (Å²) in [4.78, 5) is 0. The molecule has 2 aliphatic carbocycles. The molecule has 20 heavy (non-hydrogen) atoms. The van der Waals surface area contributed by atoms with Gasteiger partial charge in [0, 0.05) is 11.6 Å². The summed E-state index contributed by atoms with van der Waals surface area (Å²) in [7, 11) is 0. The zero-order chi connectivity index (χ0) is 13.5. The first-order valence-electron chi connectivity index (χ1n) is 7.64. The largest absolute Gasteiger partial charge is 0.504 e. The van der Waals surface area contributed by atoms with Crippen LogP contribution in [0.5, 0.6) is 11.5 Å². The van der Waals surface area contributed by atoms with E-state index >= 15 is 0 Å². The first-order valence-corrected chi connectivity index (χ1v) is 7.64. The van der Waals surface area contributed by atoms with E-state index < -0.39 is 5.60 Å². The highest BCUT2D eigenvalue weighted by molar-refractivity contribution is 5.62. The van der Waals surface area contributed by atoms with Gasteiger partial charge < -0.3 is 20.3 Å². The molecule has 3 N–H and O–H groups in total. The predicted molar refractivity (Wildman–Crippen MR) is 73.1 cm³/mol. The quantitative estimate of drug-likeness (QED) is 0.665. The fourth-order valence-corrected chi connectivity index (χ4v) is 5.44. The van der Waals surface area contributed by atoms with E-state index in [1.165, 1.54) is 5.56 Å². The molecule has 0 aromatic heterocycles. The maximum atomic E-state index is 11.5. The average molecular weight is 273 g/mol. The van der Waals surface area contributed by atoms with Gasteiger partial charge in [0.1, 0.15) is 6.10 Å². The monoisotopic (exact) mass is 273 g/mol. The zero-order valence-electron chi connectivity index (χ0n) is 11.4. The first kappa shape index (κ1) is 11.4. The molecule has 4 aliphatic rings. The van der Waals surface area contributed by atoms with E-state index in [9.17, 15) is 10.2 Å². The Balaban J connectivity index is 1.88. The molecule has 0 amide bonds. The number of phenolic OH excluding ortho intramolecular Hbond substituents is 1. The highest BCUT2D eigenvalue weighted by Crippen LogP contribution is 2.64. The molecule has 4 nitrogen and oxygen atoms in total. The molecular formula is C16H19NO3. The Hall–Kier alpha value is -1.26. The second kappa shape index (κ2) is 3.31. The molecule has 106 valence electrons. The van der Waals surface area contributed by atoms with Crippen LogP contribution in [0.4, 0.5) is 0 Å². The van der Waals surface area contributed by atoms with Crippen LogP contribution in [0.15, 0.2) is 12.1 Å². The van der Waals surface area contributed by atoms with Crippen LogP contribution >= 0.6 is 0 Å². The number of aliphatic hydroxyl groups is 1. The molecule has 1 aromatic carbocycles. The Labute approximate surface area is 117 Å². The maximum absolute atomic E-state index is 11.5. The van der Waals surface area contributed by atoms with Crippen LogP contribution in [-0.4, -0.2) is 34.5 Å². The molecule has 4 atom stereocenters. The minimum atomic E-state index is -0.722. The van der Waals surface area contributed by atoms with Gasteiger partial charge in [-0.25, -0.2) is 0 Å². The van der Waals surface area contributed by atoms with Crippen molar-refractivity contribution in [2.75, 3.05) is 6.54 Å². The summed E-state index contributed by atoms with van der Waals surface area (Å²) in [6.07, 6.45) is 4.55. The lowest BCUT2D eigenvalue weighted by Crippen LogP contribution is -2.74. The second-order valence-electron chi connectivity index (χ2n) is 6.80. The normalized spacial score (nSPS) is 43.9. The minimum Gasteiger partial charge on any atom is -0.504 e. The van der Waals surface area contributed by atoms with E-state index in [0.29, 0.717) is 5.75 Å². The van der Waals surface area contributed by atoms with Gasteiger partial charge in [-0.05, 0) is 50.3 Å². The van der Waals surface area contributed by atoms with Gasteiger partial charge in [-0.1, -0.05) is 6.07 Å². The Morgan fingerprint density at radius 3 is 3.10 bits per heavy atom. The third kappa shape index (κ3) is 0.990. The Kier molecular flexibility index (Phi) is 1.89. The van der Waals surface area contributed by atoms with Crippen LogP contribution in [0.1, 0.15) is 36.8 Å². The zero-order valence-corrected chi connectivity index (χ0v) is 11.4. The standard InChI is InChI=1S/C16H19NO3/c18-10-4-3-9-8-11-16(19)5-1-2-12-15(16,6-7-17-11)13(9)14(10)20-12/h3-4,11-12,17-19H,1-2,5-8H2/t11-,12?,15-,16-/m1/s1. The molecule has 1 unspecified atom stereocenters. The van der Waals surface area contributed by atoms with Crippen LogP contribution in [0.2, 0.25) is 0 Å². The van der Waals surface area contributed by atoms with E-state index in [1.54, 1.807) is 6.07 Å². The third-order valence-corrected chi connectivity index (χ3v) is 6.19. The van der Waals surface area contributed by atoms with Crippen molar-refractivity contribution in [2.24, 2.45) is 0 Å². The van der Waals surface area contributed by atoms with E-state index in [-0.39, 0.29) is 23.3 Å². The molecular weight excluding hydrogens is 254 g/mol. The van der Waals surface area contributed by atoms with Crippen molar-refractivity contribution in [3.8, 4) is 11.5 Å². The molecule has 5 rings (SSSR count). The van der Waals surface area contributed by atoms with Crippen LogP contribution in [0.25, 0.3) is 0 Å².